The number of hydrogen-bond acceptors (Lipinski definition) is 3. The molecule has 1 rings (SSSR count). The second-order valence-corrected chi connectivity index (χ2v) is 2.78. The number of halogens is 4. The van der Waals surface area contributed by atoms with Crippen molar-refractivity contribution in [2.24, 2.45) is 0 Å². The highest BCUT2D eigenvalue weighted by Crippen LogP contribution is 2.25. The lowest BCUT2D eigenvalue weighted by Crippen LogP contribution is -2.24. The van der Waals surface area contributed by atoms with Crippen LogP contribution < -0.4 is 5.32 Å². The number of rotatable bonds is 3. The highest BCUT2D eigenvalue weighted by molar-refractivity contribution is 6.27. The largest absolute Gasteiger partial charge is 0.453 e. The van der Waals surface area contributed by atoms with Crippen LogP contribution in [0.5, 0.6) is 0 Å². The fraction of sp³-hybridized carbons (Fsp3) is 0.500. The predicted octanol–water partition coefficient (Wildman–Crippen LogP) is 0.679. The van der Waals surface area contributed by atoms with Crippen molar-refractivity contribution >= 4 is 17.5 Å². The van der Waals surface area contributed by atoms with Crippen molar-refractivity contribution in [2.45, 2.75) is 12.7 Å². The fourth-order valence-electron chi connectivity index (χ4n) is 0.731. The lowest BCUT2D eigenvalue weighted by molar-refractivity contribution is -0.144. The van der Waals surface area contributed by atoms with Crippen molar-refractivity contribution in [1.29, 1.82) is 0 Å². The molecule has 0 aliphatic heterocycles. The minimum Gasteiger partial charge on any atom is -0.348 e. The Balaban J connectivity index is 2.58. The summed E-state index contributed by atoms with van der Waals surface area (Å²) in [5, 5.41) is 7.24. The third kappa shape index (κ3) is 3.39. The van der Waals surface area contributed by atoms with Gasteiger partial charge < -0.3 is 5.32 Å². The molecule has 0 bridgehead atoms. The van der Waals surface area contributed by atoms with Gasteiger partial charge in [0.1, 0.15) is 11.7 Å². The molecule has 15 heavy (non-hydrogen) atoms. The van der Waals surface area contributed by atoms with Gasteiger partial charge in [0, 0.05) is 0 Å². The number of alkyl halides is 4. The molecule has 2 N–H and O–H groups in total. The Bertz CT molecular complexity index is 350. The lowest BCUT2D eigenvalue weighted by Gasteiger charge is -1.99. The van der Waals surface area contributed by atoms with Gasteiger partial charge in [-0.3, -0.25) is 9.89 Å². The van der Waals surface area contributed by atoms with Crippen LogP contribution >= 0.6 is 11.6 Å². The Morgan fingerprint density at radius 2 is 2.20 bits per heavy atom. The minimum absolute atomic E-state index is 0.0826. The van der Waals surface area contributed by atoms with Crippen LogP contribution in [-0.4, -0.2) is 27.0 Å². The first-order valence-electron chi connectivity index (χ1n) is 3.74. The van der Waals surface area contributed by atoms with Crippen LogP contribution in [0, 0.1) is 0 Å². The van der Waals surface area contributed by atoms with Gasteiger partial charge in [0.2, 0.25) is 5.91 Å². The summed E-state index contributed by atoms with van der Waals surface area (Å²) in [5.41, 5.74) is 0. The van der Waals surface area contributed by atoms with E-state index in [0.717, 1.165) is 0 Å². The van der Waals surface area contributed by atoms with Crippen LogP contribution in [0.2, 0.25) is 0 Å². The summed E-state index contributed by atoms with van der Waals surface area (Å²) in [7, 11) is 0. The summed E-state index contributed by atoms with van der Waals surface area (Å²) < 4.78 is 36.0. The van der Waals surface area contributed by atoms with Crippen molar-refractivity contribution in [3.05, 3.63) is 11.6 Å². The van der Waals surface area contributed by atoms with E-state index in [2.05, 4.69) is 20.5 Å². The van der Waals surface area contributed by atoms with E-state index in [4.69, 9.17) is 11.6 Å². The molecular formula is C6H6ClF3N4O. The van der Waals surface area contributed by atoms with E-state index in [-0.39, 0.29) is 18.2 Å². The highest BCUT2D eigenvalue weighted by Gasteiger charge is 2.35. The third-order valence-electron chi connectivity index (χ3n) is 1.36. The highest BCUT2D eigenvalue weighted by atomic mass is 35.5. The quantitative estimate of drug-likeness (QED) is 0.766. The summed E-state index contributed by atoms with van der Waals surface area (Å²) in [6.45, 7) is -0.172. The van der Waals surface area contributed by atoms with Crippen LogP contribution in [0.3, 0.4) is 0 Å². The number of aromatic nitrogens is 3. The molecule has 0 saturated heterocycles. The van der Waals surface area contributed by atoms with Gasteiger partial charge in [0.25, 0.3) is 5.82 Å². The van der Waals surface area contributed by atoms with Gasteiger partial charge in [-0.15, -0.1) is 16.7 Å². The maximum absolute atomic E-state index is 12.0. The van der Waals surface area contributed by atoms with Gasteiger partial charge in [-0.1, -0.05) is 0 Å². The summed E-state index contributed by atoms with van der Waals surface area (Å²) in [6, 6.07) is 0. The second-order valence-electron chi connectivity index (χ2n) is 2.51. The smallest absolute Gasteiger partial charge is 0.348 e. The van der Waals surface area contributed by atoms with Crippen molar-refractivity contribution in [3.63, 3.8) is 0 Å². The number of aromatic amines is 1. The average Bonchev–Trinajstić information content (AvgIpc) is 2.61. The predicted molar refractivity (Wildman–Crippen MR) is 44.0 cm³/mol. The number of amides is 1. The minimum atomic E-state index is -4.59. The molecule has 9 heteroatoms. The zero-order valence-electron chi connectivity index (χ0n) is 7.23. The first-order chi connectivity index (χ1) is 6.93. The number of carbonyl (C=O) groups excluding carboxylic acids is 1. The summed E-state index contributed by atoms with van der Waals surface area (Å²) >= 11 is 5.16. The summed E-state index contributed by atoms with van der Waals surface area (Å²) in [5.74, 6) is -2.11. The van der Waals surface area contributed by atoms with E-state index in [1.807, 2.05) is 0 Å². The Hall–Kier alpha value is -1.31. The van der Waals surface area contributed by atoms with E-state index in [1.54, 1.807) is 0 Å². The molecule has 0 unspecified atom stereocenters. The lowest BCUT2D eigenvalue weighted by atomic mass is 10.5. The van der Waals surface area contributed by atoms with E-state index >= 15 is 0 Å². The Morgan fingerprint density at radius 3 is 2.67 bits per heavy atom. The Kier molecular flexibility index (Phi) is 3.51. The van der Waals surface area contributed by atoms with Gasteiger partial charge >= 0.3 is 6.18 Å². The maximum atomic E-state index is 12.0. The van der Waals surface area contributed by atoms with E-state index in [0.29, 0.717) is 0 Å². The molecule has 1 aromatic rings. The Morgan fingerprint density at radius 1 is 1.53 bits per heavy atom. The molecule has 0 atom stereocenters. The van der Waals surface area contributed by atoms with Crippen molar-refractivity contribution in [2.75, 3.05) is 5.88 Å². The molecule has 1 heterocycles. The zero-order chi connectivity index (χ0) is 11.5. The van der Waals surface area contributed by atoms with Gasteiger partial charge in [-0.2, -0.15) is 13.2 Å². The maximum Gasteiger partial charge on any atom is 0.453 e. The van der Waals surface area contributed by atoms with Crippen LogP contribution in [-0.2, 0) is 17.5 Å². The molecule has 0 radical (unpaired) electrons. The average molecular weight is 243 g/mol. The monoisotopic (exact) mass is 242 g/mol. The molecule has 0 spiro atoms. The van der Waals surface area contributed by atoms with Gasteiger partial charge in [0.15, 0.2) is 0 Å². The SMILES string of the molecule is O=C(CCl)NCc1nc(C(F)(F)F)n[nH]1. The number of nitrogens with one attached hydrogen (secondary N) is 2. The molecule has 0 aromatic carbocycles. The molecule has 5 nitrogen and oxygen atoms in total. The molecular weight excluding hydrogens is 237 g/mol. The van der Waals surface area contributed by atoms with Crippen LogP contribution in [0.25, 0.3) is 0 Å². The Labute approximate surface area is 87.0 Å². The summed E-state index contributed by atoms with van der Waals surface area (Å²) in [6.07, 6.45) is -4.59. The van der Waals surface area contributed by atoms with E-state index in [9.17, 15) is 18.0 Å². The van der Waals surface area contributed by atoms with Crippen molar-refractivity contribution in [1.82, 2.24) is 20.5 Å². The van der Waals surface area contributed by atoms with E-state index < -0.39 is 17.9 Å². The number of nitrogens with zero attached hydrogens (tertiary/aromatic N) is 2. The van der Waals surface area contributed by atoms with Crippen molar-refractivity contribution in [3.8, 4) is 0 Å². The molecule has 0 fully saturated rings. The first-order valence-corrected chi connectivity index (χ1v) is 4.28. The summed E-state index contributed by atoms with van der Waals surface area (Å²) in [4.78, 5) is 13.8. The molecule has 0 aliphatic rings. The van der Waals surface area contributed by atoms with Crippen LogP contribution in [0.15, 0.2) is 0 Å². The molecule has 1 amide bonds. The van der Waals surface area contributed by atoms with Gasteiger partial charge in [-0.25, -0.2) is 4.98 Å². The van der Waals surface area contributed by atoms with E-state index in [1.165, 1.54) is 0 Å². The molecule has 84 valence electrons. The van der Waals surface area contributed by atoms with Crippen LogP contribution in [0.4, 0.5) is 13.2 Å². The fourth-order valence-corrected chi connectivity index (χ4v) is 0.825. The number of hydrogen-bond donors (Lipinski definition) is 2. The number of H-pyrrole nitrogens is 1. The first kappa shape index (κ1) is 11.8. The topological polar surface area (TPSA) is 70.7 Å². The second kappa shape index (κ2) is 4.47. The van der Waals surface area contributed by atoms with Crippen molar-refractivity contribution < 1.29 is 18.0 Å². The van der Waals surface area contributed by atoms with Gasteiger partial charge in [-0.05, 0) is 0 Å². The number of carbonyl (C=O) groups is 1. The molecule has 1 aromatic heterocycles. The third-order valence-corrected chi connectivity index (χ3v) is 1.60. The zero-order valence-corrected chi connectivity index (χ0v) is 7.98. The molecule has 0 aliphatic carbocycles. The normalized spacial score (nSPS) is 11.5. The van der Waals surface area contributed by atoms with Crippen LogP contribution in [0.1, 0.15) is 11.6 Å². The standard InChI is InChI=1S/C6H6ClF3N4O/c7-1-4(15)11-2-3-12-5(14-13-3)6(8,9)10/h1-2H2,(H,11,15)(H,12,13,14). The van der Waals surface area contributed by atoms with Gasteiger partial charge in [0.05, 0.1) is 6.54 Å². The molecule has 0 saturated carbocycles.